The van der Waals surface area contributed by atoms with Crippen LogP contribution < -0.4 is 10.6 Å². The van der Waals surface area contributed by atoms with Crippen molar-refractivity contribution < 1.29 is 9.32 Å². The second-order valence-electron chi connectivity index (χ2n) is 9.10. The van der Waals surface area contributed by atoms with Gasteiger partial charge in [-0.15, -0.1) is 10.2 Å². The molecule has 36 heavy (non-hydrogen) atoms. The molecule has 1 aliphatic rings. The maximum Gasteiger partial charge on any atom is 0.272 e. The van der Waals surface area contributed by atoms with E-state index in [1.807, 2.05) is 38.2 Å². The van der Waals surface area contributed by atoms with Gasteiger partial charge in [-0.3, -0.25) is 9.69 Å². The van der Waals surface area contributed by atoms with Crippen molar-refractivity contribution in [1.82, 2.24) is 30.6 Å². The third-order valence-electron chi connectivity index (χ3n) is 6.36. The summed E-state index contributed by atoms with van der Waals surface area (Å²) in [5.74, 6) is 1.23. The first-order chi connectivity index (χ1) is 17.5. The number of anilines is 1. The van der Waals surface area contributed by atoms with Gasteiger partial charge >= 0.3 is 0 Å². The number of nitrogens with one attached hydrogen (secondary N) is 2. The van der Waals surface area contributed by atoms with Crippen molar-refractivity contribution in [3.05, 3.63) is 88.9 Å². The molecule has 184 valence electrons. The molecule has 0 radical (unpaired) electrons. The molecular formula is C27H29N7O2. The van der Waals surface area contributed by atoms with E-state index < -0.39 is 0 Å². The number of rotatable bonds is 7. The largest absolute Gasteiger partial charge is 0.357 e. The molecule has 0 saturated heterocycles. The molecule has 0 saturated carbocycles. The Morgan fingerprint density at radius 3 is 2.67 bits per heavy atom. The van der Waals surface area contributed by atoms with Crippen LogP contribution in [0.15, 0.2) is 65.2 Å². The average Bonchev–Trinajstić information content (AvgIpc) is 3.40. The summed E-state index contributed by atoms with van der Waals surface area (Å²) >= 11 is 0. The topological polar surface area (TPSA) is 109 Å². The van der Waals surface area contributed by atoms with Gasteiger partial charge in [0, 0.05) is 18.7 Å². The predicted molar refractivity (Wildman–Crippen MR) is 136 cm³/mol. The third-order valence-corrected chi connectivity index (χ3v) is 6.36. The van der Waals surface area contributed by atoms with Gasteiger partial charge in [0.05, 0.1) is 6.04 Å². The summed E-state index contributed by atoms with van der Waals surface area (Å²) in [7, 11) is 2.05. The van der Waals surface area contributed by atoms with Crippen LogP contribution in [0.4, 0.5) is 5.82 Å². The van der Waals surface area contributed by atoms with E-state index in [1.165, 1.54) is 11.1 Å². The van der Waals surface area contributed by atoms with Crippen LogP contribution in [0.3, 0.4) is 0 Å². The Labute approximate surface area is 209 Å². The normalized spacial score (nSPS) is 16.2. The van der Waals surface area contributed by atoms with Crippen molar-refractivity contribution in [2.24, 2.45) is 0 Å². The monoisotopic (exact) mass is 483 g/mol. The van der Waals surface area contributed by atoms with E-state index in [1.54, 1.807) is 12.1 Å². The Morgan fingerprint density at radius 1 is 1.11 bits per heavy atom. The zero-order valence-electron chi connectivity index (χ0n) is 20.6. The number of amides is 1. The Bertz CT molecular complexity index is 1340. The molecule has 1 amide bonds. The minimum atomic E-state index is -0.288. The van der Waals surface area contributed by atoms with Gasteiger partial charge in [0.2, 0.25) is 11.7 Å². The zero-order chi connectivity index (χ0) is 25.1. The lowest BCUT2D eigenvalue weighted by Crippen LogP contribution is -2.40. The summed E-state index contributed by atoms with van der Waals surface area (Å²) in [5.41, 5.74) is 4.78. The summed E-state index contributed by atoms with van der Waals surface area (Å²) in [5, 5.41) is 18.7. The summed E-state index contributed by atoms with van der Waals surface area (Å²) in [6.45, 7) is 5.62. The lowest BCUT2D eigenvalue weighted by molar-refractivity contribution is 0.0916. The molecule has 5 rings (SSSR count). The SMILES string of the molecule is CCc1ccc(-c2noc(C(C)Nc3ccc(C(=O)NC4CN(C)Cc5ccccc54)nn3)n2)cc1. The second kappa shape index (κ2) is 10.2. The van der Waals surface area contributed by atoms with E-state index in [2.05, 4.69) is 67.1 Å². The number of likely N-dealkylation sites (N-methyl/N-ethyl adjacent to an activating group) is 1. The van der Waals surface area contributed by atoms with Gasteiger partial charge in [0.25, 0.3) is 5.91 Å². The van der Waals surface area contributed by atoms with Crippen LogP contribution >= 0.6 is 0 Å². The molecule has 0 bridgehead atoms. The molecule has 2 N–H and O–H groups in total. The molecule has 0 fully saturated rings. The van der Waals surface area contributed by atoms with Crippen LogP contribution in [0, 0.1) is 0 Å². The fraction of sp³-hybridized carbons (Fsp3) is 0.296. The fourth-order valence-electron chi connectivity index (χ4n) is 4.37. The van der Waals surface area contributed by atoms with Gasteiger partial charge in [-0.1, -0.05) is 60.6 Å². The zero-order valence-corrected chi connectivity index (χ0v) is 20.6. The molecule has 3 heterocycles. The molecule has 4 aromatic rings. The Kier molecular flexibility index (Phi) is 6.73. The predicted octanol–water partition coefficient (Wildman–Crippen LogP) is 4.18. The molecule has 0 spiro atoms. The van der Waals surface area contributed by atoms with Crippen LogP contribution in [0.25, 0.3) is 11.4 Å². The maximum absolute atomic E-state index is 12.9. The van der Waals surface area contributed by atoms with Crippen LogP contribution in [0.5, 0.6) is 0 Å². The summed E-state index contributed by atoms with van der Waals surface area (Å²) in [6.07, 6.45) is 0.978. The quantitative estimate of drug-likeness (QED) is 0.403. The number of carbonyl (C=O) groups excluding carboxylic acids is 1. The number of aromatic nitrogens is 4. The summed E-state index contributed by atoms with van der Waals surface area (Å²) < 4.78 is 5.45. The van der Waals surface area contributed by atoms with Crippen molar-refractivity contribution >= 4 is 11.7 Å². The van der Waals surface area contributed by atoms with E-state index in [0.717, 1.165) is 30.6 Å². The average molecular weight is 484 g/mol. The highest BCUT2D eigenvalue weighted by atomic mass is 16.5. The molecule has 2 unspecified atom stereocenters. The van der Waals surface area contributed by atoms with Gasteiger partial charge in [-0.25, -0.2) is 0 Å². The number of hydrogen-bond donors (Lipinski definition) is 2. The highest BCUT2D eigenvalue weighted by molar-refractivity contribution is 5.92. The number of aryl methyl sites for hydroxylation is 1. The number of carbonyl (C=O) groups is 1. The van der Waals surface area contributed by atoms with Gasteiger partial charge < -0.3 is 15.2 Å². The molecular weight excluding hydrogens is 454 g/mol. The smallest absolute Gasteiger partial charge is 0.272 e. The maximum atomic E-state index is 12.9. The van der Waals surface area contributed by atoms with Gasteiger partial charge in [0.15, 0.2) is 5.69 Å². The van der Waals surface area contributed by atoms with E-state index in [0.29, 0.717) is 17.5 Å². The Balaban J connectivity index is 1.22. The van der Waals surface area contributed by atoms with Crippen molar-refractivity contribution in [3.63, 3.8) is 0 Å². The number of hydrogen-bond acceptors (Lipinski definition) is 8. The standard InChI is InChI=1S/C27H29N7O2/c1-4-18-9-11-19(12-10-18)25-30-27(36-33-25)17(2)28-24-14-13-22(31-32-24)26(35)29-23-16-34(3)15-20-7-5-6-8-21(20)23/h5-14,17,23H,4,15-16H2,1-3H3,(H,28,32)(H,29,35). The third kappa shape index (κ3) is 5.11. The minimum absolute atomic E-state index is 0.100. The van der Waals surface area contributed by atoms with Crippen molar-refractivity contribution in [3.8, 4) is 11.4 Å². The van der Waals surface area contributed by atoms with E-state index in [-0.39, 0.29) is 23.7 Å². The molecule has 2 aromatic carbocycles. The molecule has 0 aliphatic carbocycles. The molecule has 9 nitrogen and oxygen atoms in total. The van der Waals surface area contributed by atoms with Crippen molar-refractivity contribution in [1.29, 1.82) is 0 Å². The van der Waals surface area contributed by atoms with Gasteiger partial charge in [-0.05, 0) is 49.2 Å². The first kappa shape index (κ1) is 23.6. The fourth-order valence-corrected chi connectivity index (χ4v) is 4.37. The Morgan fingerprint density at radius 2 is 1.92 bits per heavy atom. The van der Waals surface area contributed by atoms with Crippen LogP contribution in [0.2, 0.25) is 0 Å². The van der Waals surface area contributed by atoms with E-state index in [9.17, 15) is 4.79 Å². The highest BCUT2D eigenvalue weighted by Crippen LogP contribution is 2.26. The van der Waals surface area contributed by atoms with Gasteiger partial charge in [0.1, 0.15) is 11.9 Å². The van der Waals surface area contributed by atoms with Crippen molar-refractivity contribution in [2.75, 3.05) is 18.9 Å². The minimum Gasteiger partial charge on any atom is -0.357 e. The lowest BCUT2D eigenvalue weighted by Gasteiger charge is -2.32. The van der Waals surface area contributed by atoms with E-state index >= 15 is 0 Å². The first-order valence-electron chi connectivity index (χ1n) is 12.1. The Hall–Kier alpha value is -4.11. The lowest BCUT2D eigenvalue weighted by atomic mass is 9.95. The second-order valence-corrected chi connectivity index (χ2v) is 9.10. The first-order valence-corrected chi connectivity index (χ1v) is 12.1. The number of benzene rings is 2. The number of fused-ring (bicyclic) bond motifs is 1. The van der Waals surface area contributed by atoms with Crippen LogP contribution in [-0.2, 0) is 13.0 Å². The molecule has 2 atom stereocenters. The van der Waals surface area contributed by atoms with Crippen LogP contribution in [-0.4, -0.2) is 44.7 Å². The summed E-state index contributed by atoms with van der Waals surface area (Å²) in [6, 6.07) is 19.3. The molecule has 9 heteroatoms. The number of nitrogens with zero attached hydrogens (tertiary/aromatic N) is 5. The van der Waals surface area contributed by atoms with E-state index in [4.69, 9.17) is 4.52 Å². The highest BCUT2D eigenvalue weighted by Gasteiger charge is 2.25. The van der Waals surface area contributed by atoms with Gasteiger partial charge in [-0.2, -0.15) is 4.98 Å². The molecule has 1 aliphatic heterocycles. The summed E-state index contributed by atoms with van der Waals surface area (Å²) in [4.78, 5) is 19.6. The molecule has 2 aromatic heterocycles. The van der Waals surface area contributed by atoms with Crippen LogP contribution in [0.1, 0.15) is 59.0 Å². The van der Waals surface area contributed by atoms with Crippen molar-refractivity contribution in [2.45, 2.75) is 38.9 Å².